The van der Waals surface area contributed by atoms with E-state index in [-0.39, 0.29) is 18.1 Å². The number of hydrogen-bond donors (Lipinski definition) is 2. The highest BCUT2D eigenvalue weighted by Crippen LogP contribution is 2.12. The minimum absolute atomic E-state index is 0.00668. The molecule has 1 amide bonds. The van der Waals surface area contributed by atoms with Crippen molar-refractivity contribution in [1.82, 2.24) is 20.5 Å². The molecule has 0 aromatic carbocycles. The minimum atomic E-state index is -0.510. The van der Waals surface area contributed by atoms with Crippen LogP contribution >= 0.6 is 0 Å². The smallest absolute Gasteiger partial charge is 0.407 e. The van der Waals surface area contributed by atoms with Crippen LogP contribution in [0.15, 0.2) is 9.41 Å². The first-order chi connectivity index (χ1) is 13.4. The van der Waals surface area contributed by atoms with Crippen LogP contribution in [0.2, 0.25) is 0 Å². The Morgan fingerprint density at radius 2 is 1.97 bits per heavy atom. The number of carbonyl (C=O) groups excluding carboxylic acids is 1. The topological polar surface area (TPSA) is 92.0 Å². The molecule has 1 atom stereocenters. The molecule has 0 saturated heterocycles. The van der Waals surface area contributed by atoms with E-state index in [0.29, 0.717) is 12.4 Å². The molecule has 1 rings (SSSR count). The van der Waals surface area contributed by atoms with Gasteiger partial charge in [0, 0.05) is 26.2 Å². The summed E-state index contributed by atoms with van der Waals surface area (Å²) >= 11 is 0. The molecule has 1 heterocycles. The van der Waals surface area contributed by atoms with Gasteiger partial charge in [0.15, 0.2) is 5.96 Å². The lowest BCUT2D eigenvalue weighted by Gasteiger charge is -2.28. The number of hydrogen-bond acceptors (Lipinski definition) is 5. The van der Waals surface area contributed by atoms with Gasteiger partial charge >= 0.3 is 6.09 Å². The summed E-state index contributed by atoms with van der Waals surface area (Å²) < 4.78 is 11.0. The molecule has 166 valence electrons. The number of aromatic nitrogens is 1. The molecule has 0 aliphatic carbocycles. The molecule has 1 aromatic rings. The third kappa shape index (κ3) is 9.19. The largest absolute Gasteiger partial charge is 0.444 e. The Kier molecular flexibility index (Phi) is 9.46. The first-order valence-electron chi connectivity index (χ1n) is 10.3. The van der Waals surface area contributed by atoms with Crippen LogP contribution in [0.5, 0.6) is 0 Å². The number of amides is 1. The zero-order chi connectivity index (χ0) is 22.2. The molecule has 1 aromatic heterocycles. The molecule has 1 unspecified atom stereocenters. The van der Waals surface area contributed by atoms with Gasteiger partial charge in [-0.3, -0.25) is 0 Å². The molecule has 8 heteroatoms. The van der Waals surface area contributed by atoms with Crippen LogP contribution in [-0.2, 0) is 11.3 Å². The third-order valence-corrected chi connectivity index (χ3v) is 4.42. The second kappa shape index (κ2) is 11.1. The van der Waals surface area contributed by atoms with Gasteiger partial charge in [0.2, 0.25) is 5.89 Å². The predicted molar refractivity (Wildman–Crippen MR) is 116 cm³/mol. The Morgan fingerprint density at radius 3 is 2.45 bits per heavy atom. The van der Waals surface area contributed by atoms with Crippen molar-refractivity contribution in [1.29, 1.82) is 0 Å². The highest BCUT2D eigenvalue weighted by Gasteiger charge is 2.22. The van der Waals surface area contributed by atoms with Gasteiger partial charge in [-0.25, -0.2) is 14.8 Å². The van der Waals surface area contributed by atoms with Gasteiger partial charge in [0.05, 0.1) is 5.69 Å². The van der Waals surface area contributed by atoms with Gasteiger partial charge < -0.3 is 24.7 Å². The van der Waals surface area contributed by atoms with Gasteiger partial charge in [-0.05, 0) is 53.9 Å². The molecular formula is C21H39N5O3. The normalized spacial score (nSPS) is 13.4. The van der Waals surface area contributed by atoms with E-state index in [1.54, 1.807) is 0 Å². The summed E-state index contributed by atoms with van der Waals surface area (Å²) in [6.07, 6.45) is 0.392. The number of guanidine groups is 1. The van der Waals surface area contributed by atoms with E-state index in [9.17, 15) is 4.79 Å². The van der Waals surface area contributed by atoms with E-state index in [0.717, 1.165) is 36.9 Å². The molecule has 0 fully saturated rings. The molecule has 0 aliphatic rings. The summed E-state index contributed by atoms with van der Waals surface area (Å²) in [5.41, 5.74) is 0.380. The summed E-state index contributed by atoms with van der Waals surface area (Å²) in [4.78, 5) is 23.2. The van der Waals surface area contributed by atoms with Gasteiger partial charge in [0.25, 0.3) is 0 Å². The SMILES string of the molecule is CCNC(=NCc1nc(C)c(C)o1)N(C)CCC(NC(=O)OC(C)(C)C)C(C)C. The monoisotopic (exact) mass is 409 g/mol. The highest BCUT2D eigenvalue weighted by atomic mass is 16.6. The fraction of sp³-hybridized carbons (Fsp3) is 0.762. The molecule has 2 N–H and O–H groups in total. The van der Waals surface area contributed by atoms with E-state index in [1.807, 2.05) is 48.6 Å². The van der Waals surface area contributed by atoms with Crippen molar-refractivity contribution in [2.75, 3.05) is 20.1 Å². The van der Waals surface area contributed by atoms with Gasteiger partial charge in [-0.15, -0.1) is 0 Å². The molecule has 29 heavy (non-hydrogen) atoms. The number of ether oxygens (including phenoxy) is 1. The number of nitrogens with one attached hydrogen (secondary N) is 2. The van der Waals surface area contributed by atoms with E-state index >= 15 is 0 Å². The van der Waals surface area contributed by atoms with Crippen molar-refractivity contribution in [3.05, 3.63) is 17.3 Å². The number of carbonyl (C=O) groups is 1. The number of nitrogens with zero attached hydrogens (tertiary/aromatic N) is 3. The average Bonchev–Trinajstić information content (AvgIpc) is 2.91. The minimum Gasteiger partial charge on any atom is -0.444 e. The van der Waals surface area contributed by atoms with Crippen LogP contribution in [-0.4, -0.2) is 53.7 Å². The summed E-state index contributed by atoms with van der Waals surface area (Å²) in [6, 6.07) is 0.00668. The Labute approximate surface area is 175 Å². The lowest BCUT2D eigenvalue weighted by molar-refractivity contribution is 0.0486. The first-order valence-corrected chi connectivity index (χ1v) is 10.3. The zero-order valence-corrected chi connectivity index (χ0v) is 19.5. The number of aryl methyl sites for hydroxylation is 2. The maximum atomic E-state index is 12.1. The molecular weight excluding hydrogens is 370 g/mol. The van der Waals surface area contributed by atoms with Crippen molar-refractivity contribution >= 4 is 12.1 Å². The van der Waals surface area contributed by atoms with Crippen molar-refractivity contribution in [2.24, 2.45) is 10.9 Å². The van der Waals surface area contributed by atoms with E-state index in [1.165, 1.54) is 0 Å². The number of alkyl carbamates (subject to hydrolysis) is 1. The lowest BCUT2D eigenvalue weighted by Crippen LogP contribution is -2.45. The second-order valence-corrected chi connectivity index (χ2v) is 8.63. The Hall–Kier alpha value is -2.25. The fourth-order valence-corrected chi connectivity index (χ4v) is 2.69. The van der Waals surface area contributed by atoms with Crippen LogP contribution in [0.3, 0.4) is 0 Å². The molecule has 0 spiro atoms. The van der Waals surface area contributed by atoms with Crippen molar-refractivity contribution < 1.29 is 13.9 Å². The van der Waals surface area contributed by atoms with Gasteiger partial charge in [0.1, 0.15) is 17.9 Å². The maximum absolute atomic E-state index is 12.1. The van der Waals surface area contributed by atoms with E-state index in [2.05, 4.69) is 39.4 Å². The van der Waals surface area contributed by atoms with Crippen LogP contribution in [0.4, 0.5) is 4.79 Å². The first kappa shape index (κ1) is 24.8. The lowest BCUT2D eigenvalue weighted by atomic mass is 10.0. The molecule has 8 nitrogen and oxygen atoms in total. The summed E-state index contributed by atoms with van der Waals surface area (Å²) in [5.74, 6) is 2.49. The second-order valence-electron chi connectivity index (χ2n) is 8.63. The Balaban J connectivity index is 2.70. The summed E-state index contributed by atoms with van der Waals surface area (Å²) in [6.45, 7) is 17.5. The third-order valence-electron chi connectivity index (χ3n) is 4.42. The standard InChI is InChI=1S/C21H39N5O3/c1-10-22-19(23-13-18-24-15(4)16(5)28-18)26(9)12-11-17(14(2)3)25-20(27)29-21(6,7)8/h14,17H,10-13H2,1-9H3,(H,22,23)(H,25,27). The van der Waals surface area contributed by atoms with Crippen LogP contribution in [0, 0.1) is 19.8 Å². The Morgan fingerprint density at radius 1 is 1.31 bits per heavy atom. The van der Waals surface area contributed by atoms with Crippen LogP contribution in [0.25, 0.3) is 0 Å². The predicted octanol–water partition coefficient (Wildman–Crippen LogP) is 3.63. The number of aliphatic imine (C=N–C) groups is 1. The van der Waals surface area contributed by atoms with Crippen LogP contribution in [0.1, 0.15) is 65.3 Å². The summed E-state index contributed by atoms with van der Waals surface area (Å²) in [5, 5.41) is 6.29. The number of rotatable bonds is 8. The molecule has 0 aliphatic heterocycles. The summed E-state index contributed by atoms with van der Waals surface area (Å²) in [7, 11) is 1.98. The highest BCUT2D eigenvalue weighted by molar-refractivity contribution is 5.79. The van der Waals surface area contributed by atoms with E-state index in [4.69, 9.17) is 9.15 Å². The van der Waals surface area contributed by atoms with Crippen molar-refractivity contribution in [3.63, 3.8) is 0 Å². The average molecular weight is 410 g/mol. The molecule has 0 saturated carbocycles. The zero-order valence-electron chi connectivity index (χ0n) is 19.5. The van der Waals surface area contributed by atoms with Gasteiger partial charge in [-0.2, -0.15) is 0 Å². The maximum Gasteiger partial charge on any atom is 0.407 e. The quantitative estimate of drug-likeness (QED) is 0.503. The fourth-order valence-electron chi connectivity index (χ4n) is 2.69. The molecule has 0 bridgehead atoms. The van der Waals surface area contributed by atoms with E-state index < -0.39 is 5.60 Å². The Bertz CT molecular complexity index is 657. The number of oxazole rings is 1. The molecule has 0 radical (unpaired) electrons. The van der Waals surface area contributed by atoms with Crippen LogP contribution < -0.4 is 10.6 Å². The van der Waals surface area contributed by atoms with Gasteiger partial charge in [-0.1, -0.05) is 13.8 Å². The van der Waals surface area contributed by atoms with Crippen molar-refractivity contribution in [3.8, 4) is 0 Å². The van der Waals surface area contributed by atoms with Crippen molar-refractivity contribution in [2.45, 2.75) is 80.0 Å².